The predicted molar refractivity (Wildman–Crippen MR) is 185 cm³/mol. The number of nitrogens with zero attached hydrogens (tertiary/aromatic N) is 4. The summed E-state index contributed by atoms with van der Waals surface area (Å²) in [6.45, 7) is 5.25. The molecule has 3 heterocycles. The third-order valence-corrected chi connectivity index (χ3v) is 11.5. The Kier molecular flexibility index (Phi) is 7.85. The molecule has 2 aromatic carbocycles. The lowest BCUT2D eigenvalue weighted by atomic mass is 10.00. The van der Waals surface area contributed by atoms with Crippen LogP contribution in [0.25, 0.3) is 21.6 Å². The minimum Gasteiger partial charge on any atom is -0.478 e. The van der Waals surface area contributed by atoms with E-state index in [1.54, 1.807) is 29.5 Å². The van der Waals surface area contributed by atoms with Crippen LogP contribution in [-0.4, -0.2) is 43.7 Å². The van der Waals surface area contributed by atoms with Crippen molar-refractivity contribution in [3.8, 4) is 17.1 Å². The molecule has 0 amide bonds. The van der Waals surface area contributed by atoms with E-state index in [0.717, 1.165) is 55.7 Å². The molecular formula is C36H36N6O3S2. The van der Waals surface area contributed by atoms with Gasteiger partial charge in [0.1, 0.15) is 17.0 Å². The molecule has 0 aliphatic heterocycles. The molecule has 3 aliphatic rings. The number of hydrogen-bond donors (Lipinski definition) is 3. The van der Waals surface area contributed by atoms with Crippen molar-refractivity contribution in [1.82, 2.24) is 25.3 Å². The fraction of sp³-hybridized carbons (Fsp3) is 0.361. The van der Waals surface area contributed by atoms with Crippen molar-refractivity contribution in [1.29, 1.82) is 0 Å². The summed E-state index contributed by atoms with van der Waals surface area (Å²) in [6, 6.07) is 17.2. The van der Waals surface area contributed by atoms with Gasteiger partial charge in [-0.1, -0.05) is 24.3 Å². The van der Waals surface area contributed by atoms with Crippen LogP contribution in [0.1, 0.15) is 70.1 Å². The highest BCUT2D eigenvalue weighted by Gasteiger charge is 2.69. The highest BCUT2D eigenvalue weighted by atomic mass is 32.2. The summed E-state index contributed by atoms with van der Waals surface area (Å²) >= 11 is 3.04. The topological polar surface area (TPSA) is 122 Å². The van der Waals surface area contributed by atoms with E-state index in [1.165, 1.54) is 42.5 Å². The van der Waals surface area contributed by atoms with Gasteiger partial charge < -0.3 is 15.2 Å². The molecule has 0 spiro atoms. The highest BCUT2D eigenvalue weighted by Crippen LogP contribution is 2.77. The van der Waals surface area contributed by atoms with Crippen molar-refractivity contribution in [2.45, 2.75) is 69.4 Å². The van der Waals surface area contributed by atoms with E-state index in [9.17, 15) is 9.90 Å². The van der Waals surface area contributed by atoms with Crippen LogP contribution in [0.15, 0.2) is 65.7 Å². The van der Waals surface area contributed by atoms with E-state index >= 15 is 0 Å². The van der Waals surface area contributed by atoms with E-state index in [1.807, 2.05) is 24.4 Å². The van der Waals surface area contributed by atoms with Crippen LogP contribution in [0, 0.1) is 25.2 Å². The normalized spacial score (nSPS) is 20.1. The molecule has 1 unspecified atom stereocenters. The van der Waals surface area contributed by atoms with Crippen LogP contribution in [0.4, 0.5) is 5.95 Å². The van der Waals surface area contributed by atoms with Gasteiger partial charge in [-0.05, 0) is 111 Å². The lowest BCUT2D eigenvalue weighted by Crippen LogP contribution is -2.36. The van der Waals surface area contributed by atoms with Gasteiger partial charge in [-0.25, -0.2) is 19.7 Å². The summed E-state index contributed by atoms with van der Waals surface area (Å²) < 4.78 is 9.69. The monoisotopic (exact) mass is 664 g/mol. The Balaban J connectivity index is 1.01. The first-order chi connectivity index (χ1) is 22.8. The number of rotatable bonds is 14. The Hall–Kier alpha value is -4.06. The number of ether oxygens (including phenoxy) is 1. The maximum Gasteiger partial charge on any atom is 0.335 e. The molecule has 5 aromatic rings. The van der Waals surface area contributed by atoms with Crippen molar-refractivity contribution >= 4 is 45.5 Å². The number of hydrogen-bond acceptors (Lipinski definition) is 10. The lowest BCUT2D eigenvalue weighted by Gasteiger charge is -2.21. The highest BCUT2D eigenvalue weighted by molar-refractivity contribution is 8.00. The SMILES string of the molecule is Cc1cccc(C)c1-c1cc(OCC(CC23CC2C3)NCc2cnc3sc(C4CC4)cc3n2)nc(NSc2cccc(C(=O)O)c2)n1. The van der Waals surface area contributed by atoms with Gasteiger partial charge in [0.15, 0.2) is 0 Å². The van der Waals surface area contributed by atoms with Crippen molar-refractivity contribution in [3.05, 3.63) is 88.1 Å². The molecule has 0 radical (unpaired) electrons. The second kappa shape index (κ2) is 12.2. The minimum absolute atomic E-state index is 0.132. The summed E-state index contributed by atoms with van der Waals surface area (Å²) in [5, 5.41) is 13.2. The molecule has 3 fully saturated rings. The Morgan fingerprint density at radius 2 is 1.87 bits per heavy atom. The quantitative estimate of drug-likeness (QED) is 0.101. The van der Waals surface area contributed by atoms with Crippen LogP contribution >= 0.6 is 23.3 Å². The molecule has 0 saturated heterocycles. The summed E-state index contributed by atoms with van der Waals surface area (Å²) in [6.07, 6.45) is 8.15. The van der Waals surface area contributed by atoms with E-state index in [-0.39, 0.29) is 11.6 Å². The van der Waals surface area contributed by atoms with Gasteiger partial charge in [-0.2, -0.15) is 4.98 Å². The van der Waals surface area contributed by atoms with Gasteiger partial charge in [0.2, 0.25) is 11.8 Å². The van der Waals surface area contributed by atoms with E-state index < -0.39 is 5.97 Å². The lowest BCUT2D eigenvalue weighted by molar-refractivity contribution is 0.0696. The smallest absolute Gasteiger partial charge is 0.335 e. The number of benzene rings is 2. The molecular weight excluding hydrogens is 629 g/mol. The Labute approximate surface area is 281 Å². The number of anilines is 1. The van der Waals surface area contributed by atoms with Crippen molar-refractivity contribution in [3.63, 3.8) is 0 Å². The Morgan fingerprint density at radius 3 is 2.62 bits per heavy atom. The zero-order chi connectivity index (χ0) is 32.1. The molecule has 11 heteroatoms. The number of nitrogens with one attached hydrogen (secondary N) is 2. The Morgan fingerprint density at radius 1 is 1.09 bits per heavy atom. The molecule has 9 nitrogen and oxygen atoms in total. The van der Waals surface area contributed by atoms with Crippen LogP contribution < -0.4 is 14.8 Å². The standard InChI is InChI=1S/C36H36N6O3S2/c1-20-5-3-6-21(2)32(20)28-13-31(41-35(40-28)42-47-27-8-4-7-23(11-27)34(43)44)45-19-25(16-36-14-24(36)15-36)37-17-26-18-38-33-29(39-26)12-30(46-33)22-9-10-22/h3-8,11-13,18,22,24-25,37H,9-10,14-17,19H2,1-2H3,(H,43,44)(H,40,41,42). The van der Waals surface area contributed by atoms with Gasteiger partial charge in [0, 0.05) is 34.0 Å². The molecule has 3 N–H and O–H groups in total. The summed E-state index contributed by atoms with van der Waals surface area (Å²) in [5.74, 6) is 1.49. The van der Waals surface area contributed by atoms with Gasteiger partial charge >= 0.3 is 5.97 Å². The first-order valence-electron chi connectivity index (χ1n) is 16.2. The molecule has 8 rings (SSSR count). The number of aryl methyl sites for hydroxylation is 2. The summed E-state index contributed by atoms with van der Waals surface area (Å²) in [5.41, 5.74) is 6.68. The largest absolute Gasteiger partial charge is 0.478 e. The average molecular weight is 665 g/mol. The van der Waals surface area contributed by atoms with Gasteiger partial charge in [0.05, 0.1) is 23.1 Å². The zero-order valence-corrected chi connectivity index (χ0v) is 28.0. The third-order valence-electron chi connectivity index (χ3n) is 9.58. The Bertz CT molecular complexity index is 1970. The number of aromatic carboxylic acids is 1. The third kappa shape index (κ3) is 6.70. The number of aromatic nitrogens is 4. The van der Waals surface area contributed by atoms with Gasteiger partial charge in [0.25, 0.3) is 0 Å². The first kappa shape index (κ1) is 30.3. The van der Waals surface area contributed by atoms with Crippen LogP contribution in [0.3, 0.4) is 0 Å². The second-order valence-electron chi connectivity index (χ2n) is 13.3. The molecule has 3 aliphatic carbocycles. The van der Waals surface area contributed by atoms with Crippen LogP contribution in [-0.2, 0) is 6.54 Å². The van der Waals surface area contributed by atoms with Crippen LogP contribution in [0.5, 0.6) is 5.88 Å². The molecule has 47 heavy (non-hydrogen) atoms. The molecule has 1 atom stereocenters. The number of carboxylic acid groups (broad SMARTS) is 1. The molecule has 3 saturated carbocycles. The predicted octanol–water partition coefficient (Wildman–Crippen LogP) is 7.80. The number of thiophene rings is 1. The molecule has 0 bridgehead atoms. The fourth-order valence-corrected chi connectivity index (χ4v) is 8.22. The summed E-state index contributed by atoms with van der Waals surface area (Å²) in [7, 11) is 0. The maximum absolute atomic E-state index is 11.5. The van der Waals surface area contributed by atoms with Crippen molar-refractivity contribution in [2.75, 3.05) is 11.3 Å². The van der Waals surface area contributed by atoms with E-state index in [2.05, 4.69) is 42.1 Å². The maximum atomic E-state index is 11.5. The average Bonchev–Trinajstić information content (AvgIpc) is 4.00. The number of fused-ring (bicyclic) bond motifs is 2. The second-order valence-corrected chi connectivity index (χ2v) is 15.2. The van der Waals surface area contributed by atoms with E-state index in [4.69, 9.17) is 24.7 Å². The first-order valence-corrected chi connectivity index (χ1v) is 17.8. The van der Waals surface area contributed by atoms with E-state index in [0.29, 0.717) is 36.3 Å². The molecule has 3 aromatic heterocycles. The number of carbonyl (C=O) groups is 1. The van der Waals surface area contributed by atoms with Crippen molar-refractivity contribution in [2.24, 2.45) is 11.3 Å². The fourth-order valence-electron chi connectivity index (χ4n) is 6.47. The van der Waals surface area contributed by atoms with Gasteiger partial charge in [-0.15, -0.1) is 11.3 Å². The van der Waals surface area contributed by atoms with Gasteiger partial charge in [-0.3, -0.25) is 4.72 Å². The zero-order valence-electron chi connectivity index (χ0n) is 26.3. The molecule has 240 valence electrons. The summed E-state index contributed by atoms with van der Waals surface area (Å²) in [4.78, 5) is 33.9. The van der Waals surface area contributed by atoms with Crippen molar-refractivity contribution < 1.29 is 14.6 Å². The minimum atomic E-state index is -0.968. The van der Waals surface area contributed by atoms with Crippen LogP contribution in [0.2, 0.25) is 0 Å². The number of carboxylic acids is 1.